The van der Waals surface area contributed by atoms with E-state index in [1.165, 1.54) is 6.42 Å². The predicted octanol–water partition coefficient (Wildman–Crippen LogP) is 3.79. The second-order valence-electron chi connectivity index (χ2n) is 5.07. The Morgan fingerprint density at radius 1 is 1.50 bits per heavy atom. The number of anilines is 1. The van der Waals surface area contributed by atoms with Crippen LogP contribution in [0, 0.1) is 23.0 Å². The predicted molar refractivity (Wildman–Crippen MR) is 73.5 cm³/mol. The van der Waals surface area contributed by atoms with Crippen molar-refractivity contribution in [1.82, 2.24) is 0 Å². The van der Waals surface area contributed by atoms with Gasteiger partial charge < -0.3 is 4.90 Å². The van der Waals surface area contributed by atoms with Crippen LogP contribution in [0.2, 0.25) is 5.02 Å². The summed E-state index contributed by atoms with van der Waals surface area (Å²) in [5, 5.41) is 11.7. The van der Waals surface area contributed by atoms with E-state index in [1.807, 2.05) is 11.8 Å². The van der Waals surface area contributed by atoms with Gasteiger partial charge in [0.2, 0.25) is 0 Å². The van der Waals surface area contributed by atoms with Crippen molar-refractivity contribution in [3.05, 3.63) is 32.8 Å². The molecule has 0 bridgehead atoms. The maximum absolute atomic E-state index is 11.2. The molecule has 0 amide bonds. The van der Waals surface area contributed by atoms with E-state index < -0.39 is 0 Å². The van der Waals surface area contributed by atoms with Crippen molar-refractivity contribution < 1.29 is 4.92 Å². The molecular weight excluding hydrogens is 252 g/mol. The molecule has 0 spiro atoms. The normalized spacial score (nSPS) is 19.9. The van der Waals surface area contributed by atoms with Gasteiger partial charge in [-0.25, -0.2) is 0 Å². The Morgan fingerprint density at radius 2 is 2.22 bits per heavy atom. The van der Waals surface area contributed by atoms with Crippen LogP contribution in [0.4, 0.5) is 11.4 Å². The van der Waals surface area contributed by atoms with Crippen LogP contribution in [-0.2, 0) is 0 Å². The van der Waals surface area contributed by atoms with Crippen LogP contribution >= 0.6 is 11.6 Å². The van der Waals surface area contributed by atoms with Crippen molar-refractivity contribution >= 4 is 23.0 Å². The van der Waals surface area contributed by atoms with Crippen LogP contribution in [0.3, 0.4) is 0 Å². The van der Waals surface area contributed by atoms with Gasteiger partial charge in [0.15, 0.2) is 0 Å². The minimum atomic E-state index is -0.340. The van der Waals surface area contributed by atoms with Crippen LogP contribution in [0.1, 0.15) is 25.3 Å². The van der Waals surface area contributed by atoms with Gasteiger partial charge in [-0.3, -0.25) is 10.1 Å². The van der Waals surface area contributed by atoms with E-state index in [2.05, 4.69) is 6.92 Å². The highest BCUT2D eigenvalue weighted by Crippen LogP contribution is 2.38. The first kappa shape index (κ1) is 13.1. The summed E-state index contributed by atoms with van der Waals surface area (Å²) in [6.45, 7) is 5.67. The zero-order valence-electron chi connectivity index (χ0n) is 10.6. The maximum Gasteiger partial charge on any atom is 0.294 e. The van der Waals surface area contributed by atoms with Crippen LogP contribution in [-0.4, -0.2) is 18.0 Å². The van der Waals surface area contributed by atoms with Gasteiger partial charge in [0, 0.05) is 19.2 Å². The van der Waals surface area contributed by atoms with E-state index in [0.717, 1.165) is 25.1 Å². The molecule has 1 saturated heterocycles. The molecule has 1 aliphatic heterocycles. The van der Waals surface area contributed by atoms with Gasteiger partial charge in [-0.1, -0.05) is 18.5 Å². The molecule has 0 aromatic heterocycles. The van der Waals surface area contributed by atoms with E-state index in [1.54, 1.807) is 12.1 Å². The number of hydrogen-bond acceptors (Lipinski definition) is 3. The summed E-state index contributed by atoms with van der Waals surface area (Å²) in [6, 6.07) is 3.39. The van der Waals surface area contributed by atoms with Crippen molar-refractivity contribution in [3.63, 3.8) is 0 Å². The fourth-order valence-corrected chi connectivity index (χ4v) is 2.95. The standard InChI is InChI=1S/C13H17ClN2O2/c1-9-4-3-5-15(8-9)13-11(14)6-10(2)7-12(13)16(17)18/h6-7,9H,3-5,8H2,1-2H3. The highest BCUT2D eigenvalue weighted by atomic mass is 35.5. The third-order valence-electron chi connectivity index (χ3n) is 3.36. The zero-order valence-corrected chi connectivity index (χ0v) is 11.4. The summed E-state index contributed by atoms with van der Waals surface area (Å²) in [7, 11) is 0. The van der Waals surface area contributed by atoms with E-state index >= 15 is 0 Å². The second kappa shape index (κ2) is 5.14. The SMILES string of the molecule is Cc1cc(Cl)c(N2CCCC(C)C2)c([N+](=O)[O-])c1. The number of nitro groups is 1. The Bertz CT molecular complexity index is 476. The van der Waals surface area contributed by atoms with Crippen LogP contribution in [0.15, 0.2) is 12.1 Å². The molecular formula is C13H17ClN2O2. The molecule has 4 nitrogen and oxygen atoms in total. The molecule has 1 atom stereocenters. The summed E-state index contributed by atoms with van der Waals surface area (Å²) in [5.74, 6) is 0.552. The quantitative estimate of drug-likeness (QED) is 0.605. The number of rotatable bonds is 2. The maximum atomic E-state index is 11.2. The molecule has 1 heterocycles. The first-order valence-corrected chi connectivity index (χ1v) is 6.56. The molecule has 1 unspecified atom stereocenters. The number of piperidine rings is 1. The lowest BCUT2D eigenvalue weighted by Gasteiger charge is -2.33. The van der Waals surface area contributed by atoms with E-state index in [0.29, 0.717) is 16.6 Å². The highest BCUT2D eigenvalue weighted by molar-refractivity contribution is 6.34. The lowest BCUT2D eigenvalue weighted by atomic mass is 9.99. The molecule has 1 aromatic carbocycles. The van der Waals surface area contributed by atoms with Crippen molar-refractivity contribution in [2.24, 2.45) is 5.92 Å². The lowest BCUT2D eigenvalue weighted by molar-refractivity contribution is -0.384. The molecule has 1 fully saturated rings. The average Bonchev–Trinajstić information content (AvgIpc) is 2.27. The number of nitro benzene ring substituents is 1. The lowest BCUT2D eigenvalue weighted by Crippen LogP contribution is -2.34. The molecule has 1 aliphatic rings. The molecule has 0 saturated carbocycles. The van der Waals surface area contributed by atoms with Crippen molar-refractivity contribution in [3.8, 4) is 0 Å². The Hall–Kier alpha value is -1.29. The van der Waals surface area contributed by atoms with Crippen LogP contribution in [0.25, 0.3) is 0 Å². The van der Waals surface area contributed by atoms with Gasteiger partial charge in [-0.2, -0.15) is 0 Å². The smallest absolute Gasteiger partial charge is 0.294 e. The molecule has 0 radical (unpaired) electrons. The zero-order chi connectivity index (χ0) is 13.3. The average molecular weight is 269 g/mol. The second-order valence-corrected chi connectivity index (χ2v) is 5.47. The number of nitrogens with zero attached hydrogens (tertiary/aromatic N) is 2. The molecule has 0 N–H and O–H groups in total. The van der Waals surface area contributed by atoms with Gasteiger partial charge in [0.25, 0.3) is 5.69 Å². The van der Waals surface area contributed by atoms with Gasteiger partial charge in [0.1, 0.15) is 5.69 Å². The summed E-state index contributed by atoms with van der Waals surface area (Å²) < 4.78 is 0. The minimum Gasteiger partial charge on any atom is -0.364 e. The van der Waals surface area contributed by atoms with Crippen LogP contribution in [0.5, 0.6) is 0 Å². The monoisotopic (exact) mass is 268 g/mol. The van der Waals surface area contributed by atoms with Gasteiger partial charge in [0.05, 0.1) is 9.95 Å². The van der Waals surface area contributed by atoms with Gasteiger partial charge in [-0.15, -0.1) is 0 Å². The third kappa shape index (κ3) is 2.58. The van der Waals surface area contributed by atoms with Crippen molar-refractivity contribution in [2.75, 3.05) is 18.0 Å². The number of benzene rings is 1. The fraction of sp³-hybridized carbons (Fsp3) is 0.538. The van der Waals surface area contributed by atoms with Gasteiger partial charge in [-0.05, 0) is 37.3 Å². The summed E-state index contributed by atoms with van der Waals surface area (Å²) in [5.41, 5.74) is 1.52. The third-order valence-corrected chi connectivity index (χ3v) is 3.65. The topological polar surface area (TPSA) is 46.4 Å². The van der Waals surface area contributed by atoms with Gasteiger partial charge >= 0.3 is 0 Å². The summed E-state index contributed by atoms with van der Waals surface area (Å²) in [6.07, 6.45) is 2.23. The highest BCUT2D eigenvalue weighted by Gasteiger charge is 2.26. The van der Waals surface area contributed by atoms with Crippen molar-refractivity contribution in [1.29, 1.82) is 0 Å². The van der Waals surface area contributed by atoms with E-state index in [9.17, 15) is 10.1 Å². The van der Waals surface area contributed by atoms with E-state index in [4.69, 9.17) is 11.6 Å². The first-order chi connectivity index (χ1) is 8.49. The molecule has 5 heteroatoms. The minimum absolute atomic E-state index is 0.120. The fourth-order valence-electron chi connectivity index (χ4n) is 2.56. The molecule has 1 aromatic rings. The molecule has 98 valence electrons. The Morgan fingerprint density at radius 3 is 2.83 bits per heavy atom. The van der Waals surface area contributed by atoms with Crippen molar-refractivity contribution in [2.45, 2.75) is 26.7 Å². The van der Waals surface area contributed by atoms with Crippen LogP contribution < -0.4 is 4.90 Å². The molecule has 2 rings (SSSR count). The number of halogens is 1. The Kier molecular flexibility index (Phi) is 3.76. The molecule has 0 aliphatic carbocycles. The Labute approximate surface area is 112 Å². The largest absolute Gasteiger partial charge is 0.364 e. The first-order valence-electron chi connectivity index (χ1n) is 6.18. The number of aryl methyl sites for hydroxylation is 1. The summed E-state index contributed by atoms with van der Waals surface area (Å²) >= 11 is 6.21. The number of hydrogen-bond donors (Lipinski definition) is 0. The van der Waals surface area contributed by atoms with E-state index in [-0.39, 0.29) is 10.6 Å². The molecule has 18 heavy (non-hydrogen) atoms. The summed E-state index contributed by atoms with van der Waals surface area (Å²) in [4.78, 5) is 12.9. The Balaban J connectivity index is 2.45.